The molecule has 2 aromatic heterocycles. The fraction of sp³-hybridized carbons (Fsp3) is 0.500. The van der Waals surface area contributed by atoms with Crippen LogP contribution in [-0.4, -0.2) is 28.2 Å². The number of ether oxygens (including phenoxy) is 2. The first-order chi connectivity index (χ1) is 11.1. The zero-order valence-corrected chi connectivity index (χ0v) is 14.3. The van der Waals surface area contributed by atoms with Crippen molar-refractivity contribution in [3.05, 3.63) is 42.0 Å². The van der Waals surface area contributed by atoms with Crippen molar-refractivity contribution >= 4 is 0 Å². The van der Waals surface area contributed by atoms with Crippen LogP contribution in [0.3, 0.4) is 0 Å². The fourth-order valence-corrected chi connectivity index (χ4v) is 2.13. The van der Waals surface area contributed by atoms with E-state index < -0.39 is 0 Å². The average Bonchev–Trinajstić information content (AvgIpc) is 2.55. The minimum atomic E-state index is 0.289. The maximum Gasteiger partial charge on any atom is 0.232 e. The first kappa shape index (κ1) is 17.2. The lowest BCUT2D eigenvalue weighted by Gasteiger charge is -2.13. The molecule has 124 valence electrons. The Balaban J connectivity index is 1.88. The minimum absolute atomic E-state index is 0.289. The van der Waals surface area contributed by atoms with E-state index in [1.807, 2.05) is 25.1 Å². The highest BCUT2D eigenvalue weighted by molar-refractivity contribution is 5.18. The van der Waals surface area contributed by atoms with Crippen LogP contribution < -0.4 is 9.47 Å². The molecule has 0 amide bonds. The third-order valence-electron chi connectivity index (χ3n) is 3.57. The average molecular weight is 315 g/mol. The highest BCUT2D eigenvalue weighted by Gasteiger charge is 2.10. The smallest absolute Gasteiger partial charge is 0.232 e. The maximum atomic E-state index is 5.73. The molecule has 0 spiro atoms. The Kier molecular flexibility index (Phi) is 6.32. The molecule has 0 aliphatic carbocycles. The van der Waals surface area contributed by atoms with E-state index in [9.17, 15) is 0 Å². The van der Waals surface area contributed by atoms with Crippen molar-refractivity contribution in [1.29, 1.82) is 0 Å². The van der Waals surface area contributed by atoms with Crippen molar-refractivity contribution in [3.8, 4) is 11.8 Å². The van der Waals surface area contributed by atoms with Gasteiger partial charge in [0.15, 0.2) is 0 Å². The van der Waals surface area contributed by atoms with Gasteiger partial charge in [-0.15, -0.1) is 0 Å². The Labute approximate surface area is 138 Å². The van der Waals surface area contributed by atoms with E-state index in [2.05, 4.69) is 35.7 Å². The van der Waals surface area contributed by atoms with E-state index in [1.165, 1.54) is 0 Å². The third-order valence-corrected chi connectivity index (χ3v) is 3.57. The molecule has 0 saturated heterocycles. The molecule has 5 nitrogen and oxygen atoms in total. The molecular formula is C18H25N3O2. The molecule has 0 N–H and O–H groups in total. The van der Waals surface area contributed by atoms with Gasteiger partial charge in [0.25, 0.3) is 0 Å². The molecule has 0 bridgehead atoms. The van der Waals surface area contributed by atoms with Gasteiger partial charge in [-0.05, 0) is 25.3 Å². The molecule has 0 aromatic carbocycles. The van der Waals surface area contributed by atoms with Crippen LogP contribution >= 0.6 is 0 Å². The lowest BCUT2D eigenvalue weighted by Crippen LogP contribution is -2.07. The summed E-state index contributed by atoms with van der Waals surface area (Å²) in [4.78, 5) is 13.2. The third kappa shape index (κ3) is 5.20. The molecular weight excluding hydrogens is 290 g/mol. The summed E-state index contributed by atoms with van der Waals surface area (Å²) in [5.41, 5.74) is 1.96. The summed E-state index contributed by atoms with van der Waals surface area (Å²) in [5.74, 6) is 1.89. The van der Waals surface area contributed by atoms with Crippen LogP contribution in [0.25, 0.3) is 0 Å². The Morgan fingerprint density at radius 2 is 1.74 bits per heavy atom. The molecule has 2 aromatic rings. The van der Waals surface area contributed by atoms with Crippen LogP contribution in [0.5, 0.6) is 11.8 Å². The van der Waals surface area contributed by atoms with Gasteiger partial charge in [-0.3, -0.25) is 4.98 Å². The largest absolute Gasteiger partial charge is 0.478 e. The van der Waals surface area contributed by atoms with Gasteiger partial charge in [-0.1, -0.05) is 26.8 Å². The van der Waals surface area contributed by atoms with Gasteiger partial charge in [-0.2, -0.15) is 0 Å². The van der Waals surface area contributed by atoms with E-state index >= 15 is 0 Å². The first-order valence-corrected chi connectivity index (χ1v) is 8.14. The van der Waals surface area contributed by atoms with E-state index in [1.54, 1.807) is 12.4 Å². The molecule has 1 unspecified atom stereocenters. The van der Waals surface area contributed by atoms with E-state index in [0.29, 0.717) is 30.9 Å². The highest BCUT2D eigenvalue weighted by atomic mass is 16.5. The van der Waals surface area contributed by atoms with Crippen LogP contribution in [-0.2, 0) is 0 Å². The van der Waals surface area contributed by atoms with Crippen LogP contribution in [0.4, 0.5) is 0 Å². The van der Waals surface area contributed by atoms with Gasteiger partial charge in [0.05, 0.1) is 25.1 Å². The van der Waals surface area contributed by atoms with Crippen molar-refractivity contribution in [2.24, 2.45) is 0 Å². The summed E-state index contributed by atoms with van der Waals surface area (Å²) >= 11 is 0. The number of nitrogens with zero attached hydrogens (tertiary/aromatic N) is 3. The monoisotopic (exact) mass is 315 g/mol. The molecule has 1 atom stereocenters. The number of rotatable bonds is 8. The molecule has 23 heavy (non-hydrogen) atoms. The Hall–Kier alpha value is -2.17. The molecule has 2 rings (SSSR count). The molecule has 2 heterocycles. The van der Waals surface area contributed by atoms with Crippen molar-refractivity contribution in [2.45, 2.75) is 46.0 Å². The molecule has 5 heteroatoms. The number of aromatic nitrogens is 3. The summed E-state index contributed by atoms with van der Waals surface area (Å²) in [6.07, 6.45) is 4.30. The zero-order valence-electron chi connectivity index (χ0n) is 14.3. The van der Waals surface area contributed by atoms with Gasteiger partial charge >= 0.3 is 0 Å². The number of pyridine rings is 1. The first-order valence-electron chi connectivity index (χ1n) is 8.14. The number of hydrogen-bond donors (Lipinski definition) is 0. The SMILES string of the molecule is CCOc1cccc(C(C)CCOc2cncc(C(C)C)n2)n1. The Morgan fingerprint density at radius 3 is 2.48 bits per heavy atom. The van der Waals surface area contributed by atoms with Gasteiger partial charge in [-0.25, -0.2) is 9.97 Å². The lowest BCUT2D eigenvalue weighted by molar-refractivity contribution is 0.285. The standard InChI is InChI=1S/C18H25N3O2/c1-5-22-17-8-6-7-15(20-17)14(4)9-10-23-18-12-19-11-16(21-18)13(2)3/h6-8,11-14H,5,9-10H2,1-4H3. The quantitative estimate of drug-likeness (QED) is 0.738. The second kappa shape index (κ2) is 8.46. The fourth-order valence-electron chi connectivity index (χ4n) is 2.13. The second-order valence-corrected chi connectivity index (χ2v) is 5.81. The summed E-state index contributed by atoms with van der Waals surface area (Å²) in [6, 6.07) is 5.87. The predicted molar refractivity (Wildman–Crippen MR) is 90.1 cm³/mol. The molecule has 0 radical (unpaired) electrons. The van der Waals surface area contributed by atoms with Gasteiger partial charge < -0.3 is 9.47 Å². The summed E-state index contributed by atoms with van der Waals surface area (Å²) in [7, 11) is 0. The second-order valence-electron chi connectivity index (χ2n) is 5.81. The Morgan fingerprint density at radius 1 is 0.957 bits per heavy atom. The summed E-state index contributed by atoms with van der Waals surface area (Å²) < 4.78 is 11.2. The van der Waals surface area contributed by atoms with Crippen LogP contribution in [0.1, 0.15) is 57.3 Å². The van der Waals surface area contributed by atoms with Gasteiger partial charge in [0.2, 0.25) is 11.8 Å². The van der Waals surface area contributed by atoms with Crippen molar-refractivity contribution in [1.82, 2.24) is 15.0 Å². The van der Waals surface area contributed by atoms with E-state index in [4.69, 9.17) is 9.47 Å². The van der Waals surface area contributed by atoms with Crippen molar-refractivity contribution in [2.75, 3.05) is 13.2 Å². The highest BCUT2D eigenvalue weighted by Crippen LogP contribution is 2.20. The number of hydrogen-bond acceptors (Lipinski definition) is 5. The molecule has 0 aliphatic heterocycles. The molecule has 0 saturated carbocycles. The normalized spacial score (nSPS) is 12.2. The maximum absolute atomic E-state index is 5.73. The molecule has 0 aliphatic rings. The van der Waals surface area contributed by atoms with Crippen LogP contribution in [0, 0.1) is 0 Å². The van der Waals surface area contributed by atoms with Crippen molar-refractivity contribution < 1.29 is 9.47 Å². The predicted octanol–water partition coefficient (Wildman–Crippen LogP) is 3.97. The van der Waals surface area contributed by atoms with Crippen molar-refractivity contribution in [3.63, 3.8) is 0 Å². The van der Waals surface area contributed by atoms with Gasteiger partial charge in [0, 0.05) is 23.9 Å². The van der Waals surface area contributed by atoms with E-state index in [-0.39, 0.29) is 5.92 Å². The lowest BCUT2D eigenvalue weighted by atomic mass is 10.0. The molecule has 0 fully saturated rings. The van der Waals surface area contributed by atoms with Crippen LogP contribution in [0.15, 0.2) is 30.6 Å². The topological polar surface area (TPSA) is 57.1 Å². The summed E-state index contributed by atoms with van der Waals surface area (Å²) in [5, 5.41) is 0. The zero-order chi connectivity index (χ0) is 16.7. The van der Waals surface area contributed by atoms with E-state index in [0.717, 1.165) is 17.8 Å². The Bertz CT molecular complexity index is 617. The summed E-state index contributed by atoms with van der Waals surface area (Å²) in [6.45, 7) is 9.48. The minimum Gasteiger partial charge on any atom is -0.478 e. The van der Waals surface area contributed by atoms with Crippen LogP contribution in [0.2, 0.25) is 0 Å². The van der Waals surface area contributed by atoms with Gasteiger partial charge in [0.1, 0.15) is 0 Å².